The molecule has 0 bridgehead atoms. The molecule has 2 unspecified atom stereocenters. The van der Waals surface area contributed by atoms with Gasteiger partial charge >= 0.3 is 6.03 Å². The van der Waals surface area contributed by atoms with Crippen molar-refractivity contribution in [2.75, 3.05) is 6.54 Å². The second-order valence-electron chi connectivity index (χ2n) is 6.88. The summed E-state index contributed by atoms with van der Waals surface area (Å²) in [5, 5.41) is 13.4. The monoisotopic (exact) mass is 320 g/mol. The maximum atomic E-state index is 13.0. The number of hydrogen-bond donors (Lipinski definition) is 2. The molecule has 0 aromatic heterocycles. The molecule has 2 aliphatic rings. The van der Waals surface area contributed by atoms with Crippen LogP contribution in [0.5, 0.6) is 0 Å². The van der Waals surface area contributed by atoms with E-state index in [2.05, 4.69) is 12.2 Å². The van der Waals surface area contributed by atoms with Crippen LogP contribution in [-0.2, 0) is 0 Å². The first kappa shape index (κ1) is 16.2. The highest BCUT2D eigenvalue weighted by Gasteiger charge is 2.35. The highest BCUT2D eigenvalue weighted by molar-refractivity contribution is 5.75. The zero-order chi connectivity index (χ0) is 16.4. The lowest BCUT2D eigenvalue weighted by Crippen LogP contribution is -2.49. The molecule has 2 amide bonds. The Morgan fingerprint density at radius 1 is 1.30 bits per heavy atom. The molecular formula is C18H25FN2O2. The minimum atomic E-state index is -0.791. The summed E-state index contributed by atoms with van der Waals surface area (Å²) in [6.45, 7) is 2.31. The number of aliphatic hydroxyl groups is 1. The molecule has 1 aromatic carbocycles. The number of halogens is 1. The van der Waals surface area contributed by atoms with E-state index in [0.29, 0.717) is 11.5 Å². The molecule has 0 spiro atoms. The van der Waals surface area contributed by atoms with E-state index in [-0.39, 0.29) is 30.5 Å². The quantitative estimate of drug-likeness (QED) is 0.845. The number of amides is 2. The third-order valence-electron chi connectivity index (χ3n) is 5.08. The number of hydrogen-bond acceptors (Lipinski definition) is 2. The average Bonchev–Trinajstić information content (AvgIpc) is 3.27. The Labute approximate surface area is 136 Å². The van der Waals surface area contributed by atoms with Crippen molar-refractivity contribution < 1.29 is 14.3 Å². The normalized spacial score (nSPS) is 20.5. The molecule has 2 fully saturated rings. The van der Waals surface area contributed by atoms with Crippen LogP contribution < -0.4 is 5.32 Å². The molecule has 1 aromatic rings. The van der Waals surface area contributed by atoms with Crippen LogP contribution in [0.25, 0.3) is 0 Å². The van der Waals surface area contributed by atoms with Crippen molar-refractivity contribution in [1.29, 1.82) is 0 Å². The third-order valence-corrected chi connectivity index (χ3v) is 5.08. The Morgan fingerprint density at radius 2 is 1.96 bits per heavy atom. The SMILES string of the molecule is CC(NC(=O)N(CC(O)c1ccc(F)cc1)C1CC1)C1CCC1. The van der Waals surface area contributed by atoms with Crippen LogP contribution in [0.1, 0.15) is 50.7 Å². The van der Waals surface area contributed by atoms with Gasteiger partial charge in [-0.2, -0.15) is 0 Å². The Hall–Kier alpha value is -1.62. The second kappa shape index (κ2) is 6.87. The Balaban J connectivity index is 1.59. The minimum Gasteiger partial charge on any atom is -0.387 e. The number of aliphatic hydroxyl groups excluding tert-OH is 1. The van der Waals surface area contributed by atoms with E-state index < -0.39 is 6.10 Å². The molecule has 126 valence electrons. The van der Waals surface area contributed by atoms with Gasteiger partial charge in [0.05, 0.1) is 12.6 Å². The summed E-state index contributed by atoms with van der Waals surface area (Å²) >= 11 is 0. The summed E-state index contributed by atoms with van der Waals surface area (Å²) in [6.07, 6.45) is 4.80. The zero-order valence-corrected chi connectivity index (χ0v) is 13.5. The van der Waals surface area contributed by atoms with E-state index in [9.17, 15) is 14.3 Å². The first-order chi connectivity index (χ1) is 11.0. The molecule has 2 atom stereocenters. The van der Waals surface area contributed by atoms with Gasteiger partial charge in [-0.3, -0.25) is 0 Å². The molecule has 5 heteroatoms. The molecule has 2 saturated carbocycles. The lowest BCUT2D eigenvalue weighted by atomic mass is 9.80. The van der Waals surface area contributed by atoms with E-state index in [4.69, 9.17) is 0 Å². The molecule has 4 nitrogen and oxygen atoms in total. The Morgan fingerprint density at radius 3 is 2.48 bits per heavy atom. The molecule has 23 heavy (non-hydrogen) atoms. The van der Waals surface area contributed by atoms with Gasteiger partial charge in [0.1, 0.15) is 5.82 Å². The fraction of sp³-hybridized carbons (Fsp3) is 0.611. The summed E-state index contributed by atoms with van der Waals surface area (Å²) in [4.78, 5) is 14.3. The highest BCUT2D eigenvalue weighted by atomic mass is 19.1. The number of benzene rings is 1. The molecule has 0 aliphatic heterocycles. The van der Waals surface area contributed by atoms with Gasteiger partial charge in [-0.05, 0) is 56.2 Å². The van der Waals surface area contributed by atoms with Gasteiger partial charge < -0.3 is 15.3 Å². The number of rotatable bonds is 6. The summed E-state index contributed by atoms with van der Waals surface area (Å²) < 4.78 is 13.0. The molecule has 0 radical (unpaired) electrons. The standard InChI is InChI=1S/C18H25FN2O2/c1-12(13-3-2-4-13)20-18(23)21(16-9-10-16)11-17(22)14-5-7-15(19)8-6-14/h5-8,12-13,16-17,22H,2-4,9-11H2,1H3,(H,20,23). The Bertz CT molecular complexity index is 540. The van der Waals surface area contributed by atoms with Gasteiger partial charge in [-0.1, -0.05) is 18.6 Å². The van der Waals surface area contributed by atoms with E-state index in [1.807, 2.05) is 0 Å². The lowest BCUT2D eigenvalue weighted by Gasteiger charge is -2.34. The van der Waals surface area contributed by atoms with Crippen molar-refractivity contribution in [1.82, 2.24) is 10.2 Å². The maximum absolute atomic E-state index is 13.0. The van der Waals surface area contributed by atoms with Gasteiger partial charge in [-0.15, -0.1) is 0 Å². The first-order valence-electron chi connectivity index (χ1n) is 8.55. The van der Waals surface area contributed by atoms with Gasteiger partial charge in [0.25, 0.3) is 0 Å². The number of urea groups is 1. The van der Waals surface area contributed by atoms with Crippen LogP contribution in [-0.4, -0.2) is 34.7 Å². The van der Waals surface area contributed by atoms with Crippen LogP contribution >= 0.6 is 0 Å². The predicted molar refractivity (Wildman–Crippen MR) is 86.4 cm³/mol. The van der Waals surface area contributed by atoms with E-state index in [0.717, 1.165) is 12.8 Å². The van der Waals surface area contributed by atoms with Gasteiger partial charge in [0, 0.05) is 12.1 Å². The van der Waals surface area contributed by atoms with Gasteiger partial charge in [0.15, 0.2) is 0 Å². The van der Waals surface area contributed by atoms with Gasteiger partial charge in [-0.25, -0.2) is 9.18 Å². The van der Waals surface area contributed by atoms with Crippen LogP contribution in [0.15, 0.2) is 24.3 Å². The van der Waals surface area contributed by atoms with E-state index in [1.165, 1.54) is 31.4 Å². The van der Waals surface area contributed by atoms with Gasteiger partial charge in [0.2, 0.25) is 0 Å². The minimum absolute atomic E-state index is 0.0898. The van der Waals surface area contributed by atoms with Crippen LogP contribution in [0.2, 0.25) is 0 Å². The van der Waals surface area contributed by atoms with E-state index in [1.54, 1.807) is 17.0 Å². The van der Waals surface area contributed by atoms with Crippen molar-refractivity contribution in [3.8, 4) is 0 Å². The number of carbonyl (C=O) groups is 1. The summed E-state index contributed by atoms with van der Waals surface area (Å²) in [5.41, 5.74) is 0.636. The Kier molecular flexibility index (Phi) is 4.85. The molecule has 2 N–H and O–H groups in total. The van der Waals surface area contributed by atoms with Crippen molar-refractivity contribution in [3.63, 3.8) is 0 Å². The molecule has 2 aliphatic carbocycles. The van der Waals surface area contributed by atoms with Crippen molar-refractivity contribution in [3.05, 3.63) is 35.6 Å². The highest BCUT2D eigenvalue weighted by Crippen LogP contribution is 2.31. The van der Waals surface area contributed by atoms with Crippen molar-refractivity contribution in [2.45, 2.75) is 57.2 Å². The van der Waals surface area contributed by atoms with Crippen LogP contribution in [0.4, 0.5) is 9.18 Å². The largest absolute Gasteiger partial charge is 0.387 e. The number of nitrogens with one attached hydrogen (secondary N) is 1. The molecule has 0 heterocycles. The third kappa shape index (κ3) is 4.02. The predicted octanol–water partition coefficient (Wildman–Crippen LogP) is 3.22. The fourth-order valence-corrected chi connectivity index (χ4v) is 3.10. The van der Waals surface area contributed by atoms with Crippen molar-refractivity contribution in [2.24, 2.45) is 5.92 Å². The summed E-state index contributed by atoms with van der Waals surface area (Å²) in [7, 11) is 0. The second-order valence-corrected chi connectivity index (χ2v) is 6.88. The van der Waals surface area contributed by atoms with Crippen LogP contribution in [0.3, 0.4) is 0 Å². The summed E-state index contributed by atoms with van der Waals surface area (Å²) in [5.74, 6) is 0.258. The lowest BCUT2D eigenvalue weighted by molar-refractivity contribution is 0.113. The molecule has 3 rings (SSSR count). The zero-order valence-electron chi connectivity index (χ0n) is 13.5. The van der Waals surface area contributed by atoms with Crippen molar-refractivity contribution >= 4 is 6.03 Å². The molecule has 0 saturated heterocycles. The first-order valence-corrected chi connectivity index (χ1v) is 8.55. The van der Waals surface area contributed by atoms with Crippen LogP contribution in [0, 0.1) is 11.7 Å². The topological polar surface area (TPSA) is 52.6 Å². The summed E-state index contributed by atoms with van der Waals surface area (Å²) in [6, 6.07) is 6.12. The number of nitrogens with zero attached hydrogens (tertiary/aromatic N) is 1. The fourth-order valence-electron chi connectivity index (χ4n) is 3.10. The smallest absolute Gasteiger partial charge is 0.317 e. The number of carbonyl (C=O) groups excluding carboxylic acids is 1. The molecular weight excluding hydrogens is 295 g/mol. The van der Waals surface area contributed by atoms with E-state index >= 15 is 0 Å². The average molecular weight is 320 g/mol. The maximum Gasteiger partial charge on any atom is 0.317 e.